The molecular weight excluding hydrogens is 274 g/mol. The van der Waals surface area contributed by atoms with Crippen LogP contribution in [0.1, 0.15) is 11.1 Å². The van der Waals surface area contributed by atoms with E-state index >= 15 is 0 Å². The number of rotatable bonds is 5. The van der Waals surface area contributed by atoms with Crippen molar-refractivity contribution in [3.05, 3.63) is 40.9 Å². The van der Waals surface area contributed by atoms with Gasteiger partial charge in [0.05, 0.1) is 0 Å². The highest BCUT2D eigenvalue weighted by Crippen LogP contribution is 2.21. The highest BCUT2D eigenvalue weighted by atomic mass is 32.2. The number of aromatic amines is 1. The molecule has 0 aliphatic carbocycles. The first kappa shape index (κ1) is 14.8. The molecule has 0 amide bonds. The van der Waals surface area contributed by atoms with Crippen LogP contribution in [0.15, 0.2) is 29.8 Å². The summed E-state index contributed by atoms with van der Waals surface area (Å²) in [6, 6.07) is 5.77. The van der Waals surface area contributed by atoms with Gasteiger partial charge in [-0.2, -0.15) is 0 Å². The first-order valence-corrected chi connectivity index (χ1v) is 7.92. The van der Waals surface area contributed by atoms with Crippen molar-refractivity contribution in [2.24, 2.45) is 5.14 Å². The number of likely N-dealkylation sites (N-methyl/N-ethyl adjacent to an activating group) is 1. The number of aromatic nitrogens is 1. The zero-order valence-corrected chi connectivity index (χ0v) is 12.4. The van der Waals surface area contributed by atoms with Crippen LogP contribution in [-0.4, -0.2) is 38.9 Å². The van der Waals surface area contributed by atoms with Crippen molar-refractivity contribution in [3.8, 4) is 0 Å². The quantitative estimate of drug-likeness (QED) is 0.877. The molecule has 0 saturated carbocycles. The van der Waals surface area contributed by atoms with E-state index in [0.29, 0.717) is 0 Å². The Balaban J connectivity index is 2.32. The Labute approximate surface area is 119 Å². The lowest BCUT2D eigenvalue weighted by Gasteiger charge is -2.08. The number of sulfonamides is 1. The largest absolute Gasteiger partial charge is 0.361 e. The standard InChI is InChI=1S/C14H19N3O2S/c1-17(2)7-5-12-10-16-14-4-3-11(9-13(12)14)6-8-20(15,18)19/h3-4,6,8-10,16H,5,7H2,1-2H3,(H2,15,18,19). The Bertz CT molecular complexity index is 730. The fourth-order valence-corrected chi connectivity index (χ4v) is 2.37. The zero-order chi connectivity index (χ0) is 14.8. The summed E-state index contributed by atoms with van der Waals surface area (Å²) in [5.74, 6) is 0. The Kier molecular flexibility index (Phi) is 4.27. The molecule has 1 aromatic carbocycles. The summed E-state index contributed by atoms with van der Waals surface area (Å²) >= 11 is 0. The zero-order valence-electron chi connectivity index (χ0n) is 11.6. The normalized spacial score (nSPS) is 12.8. The fourth-order valence-electron chi connectivity index (χ4n) is 2.02. The van der Waals surface area contributed by atoms with Gasteiger partial charge in [0.2, 0.25) is 10.0 Å². The van der Waals surface area contributed by atoms with Crippen LogP contribution in [0.3, 0.4) is 0 Å². The van der Waals surface area contributed by atoms with Crippen molar-refractivity contribution in [2.45, 2.75) is 6.42 Å². The molecule has 0 radical (unpaired) electrons. The van der Waals surface area contributed by atoms with Crippen molar-refractivity contribution < 1.29 is 8.42 Å². The van der Waals surface area contributed by atoms with Crippen LogP contribution in [-0.2, 0) is 16.4 Å². The summed E-state index contributed by atoms with van der Waals surface area (Å²) in [5, 5.41) is 7.09. The molecule has 20 heavy (non-hydrogen) atoms. The van der Waals surface area contributed by atoms with Gasteiger partial charge in [-0.25, -0.2) is 13.6 Å². The predicted octanol–water partition coefficient (Wildman–Crippen LogP) is 1.53. The van der Waals surface area contributed by atoms with Gasteiger partial charge in [-0.3, -0.25) is 0 Å². The molecule has 3 N–H and O–H groups in total. The monoisotopic (exact) mass is 293 g/mol. The highest BCUT2D eigenvalue weighted by Gasteiger charge is 2.05. The average molecular weight is 293 g/mol. The topological polar surface area (TPSA) is 79.2 Å². The maximum atomic E-state index is 10.9. The minimum Gasteiger partial charge on any atom is -0.361 e. The first-order valence-electron chi connectivity index (χ1n) is 6.31. The van der Waals surface area contributed by atoms with Gasteiger partial charge in [0.15, 0.2) is 0 Å². The Morgan fingerprint density at radius 2 is 2.10 bits per heavy atom. The van der Waals surface area contributed by atoms with Crippen molar-refractivity contribution in [1.29, 1.82) is 0 Å². The molecule has 2 aromatic rings. The molecule has 2 rings (SSSR count). The van der Waals surface area contributed by atoms with Gasteiger partial charge in [-0.1, -0.05) is 6.07 Å². The minimum absolute atomic E-state index is 0.817. The van der Waals surface area contributed by atoms with E-state index in [9.17, 15) is 8.42 Å². The molecule has 1 heterocycles. The van der Waals surface area contributed by atoms with Crippen LogP contribution in [0, 0.1) is 0 Å². The number of hydrogen-bond acceptors (Lipinski definition) is 3. The highest BCUT2D eigenvalue weighted by molar-refractivity contribution is 7.92. The van der Waals surface area contributed by atoms with Gasteiger partial charge in [0.1, 0.15) is 0 Å². The van der Waals surface area contributed by atoms with Gasteiger partial charge in [-0.15, -0.1) is 0 Å². The van der Waals surface area contributed by atoms with Crippen LogP contribution in [0.2, 0.25) is 0 Å². The third-order valence-electron chi connectivity index (χ3n) is 3.07. The van der Waals surface area contributed by atoms with Crippen molar-refractivity contribution in [2.75, 3.05) is 20.6 Å². The maximum Gasteiger partial charge on any atom is 0.231 e. The van der Waals surface area contributed by atoms with Crippen LogP contribution >= 0.6 is 0 Å². The molecule has 5 nitrogen and oxygen atoms in total. The second-order valence-electron chi connectivity index (χ2n) is 5.06. The molecule has 108 valence electrons. The van der Waals surface area contributed by atoms with Crippen LogP contribution in [0.25, 0.3) is 17.0 Å². The summed E-state index contributed by atoms with van der Waals surface area (Å²) in [4.78, 5) is 5.35. The van der Waals surface area contributed by atoms with E-state index in [-0.39, 0.29) is 0 Å². The Morgan fingerprint density at radius 3 is 2.75 bits per heavy atom. The van der Waals surface area contributed by atoms with Gasteiger partial charge < -0.3 is 9.88 Å². The molecule has 0 saturated heterocycles. The minimum atomic E-state index is -3.59. The molecule has 0 fully saturated rings. The summed E-state index contributed by atoms with van der Waals surface area (Å²) in [6.07, 6.45) is 4.45. The smallest absolute Gasteiger partial charge is 0.231 e. The average Bonchev–Trinajstić information content (AvgIpc) is 2.75. The number of benzene rings is 1. The van der Waals surface area contributed by atoms with Gasteiger partial charge in [0.25, 0.3) is 0 Å². The Hall–Kier alpha value is -1.63. The van der Waals surface area contributed by atoms with E-state index in [1.165, 1.54) is 11.6 Å². The number of fused-ring (bicyclic) bond motifs is 1. The van der Waals surface area contributed by atoms with Crippen LogP contribution < -0.4 is 5.14 Å². The third kappa shape index (κ3) is 3.93. The lowest BCUT2D eigenvalue weighted by molar-refractivity contribution is 0.414. The van der Waals surface area contributed by atoms with E-state index < -0.39 is 10.0 Å². The maximum absolute atomic E-state index is 10.9. The van der Waals surface area contributed by atoms with Gasteiger partial charge in [0, 0.05) is 29.1 Å². The molecular formula is C14H19N3O2S. The number of nitrogens with two attached hydrogens (primary N) is 1. The van der Waals surface area contributed by atoms with E-state index in [1.807, 2.05) is 38.5 Å². The predicted molar refractivity (Wildman–Crippen MR) is 82.7 cm³/mol. The molecule has 0 bridgehead atoms. The van der Waals surface area contributed by atoms with E-state index in [0.717, 1.165) is 34.8 Å². The van der Waals surface area contributed by atoms with E-state index in [1.54, 1.807) is 0 Å². The summed E-state index contributed by atoms with van der Waals surface area (Å²) in [6.45, 7) is 0.962. The molecule has 0 aliphatic heterocycles. The van der Waals surface area contributed by atoms with Crippen LogP contribution in [0.4, 0.5) is 0 Å². The van der Waals surface area contributed by atoms with Crippen molar-refractivity contribution in [1.82, 2.24) is 9.88 Å². The lowest BCUT2D eigenvalue weighted by atomic mass is 10.1. The number of hydrogen-bond donors (Lipinski definition) is 2. The van der Waals surface area contributed by atoms with Gasteiger partial charge >= 0.3 is 0 Å². The molecule has 6 heteroatoms. The lowest BCUT2D eigenvalue weighted by Crippen LogP contribution is -2.14. The van der Waals surface area contributed by atoms with Gasteiger partial charge in [-0.05, 0) is 49.9 Å². The SMILES string of the molecule is CN(C)CCc1c[nH]c2ccc(C=CS(N)(=O)=O)cc12. The number of nitrogens with one attached hydrogen (secondary N) is 1. The number of nitrogens with zero attached hydrogens (tertiary/aromatic N) is 1. The van der Waals surface area contributed by atoms with Crippen molar-refractivity contribution >= 4 is 27.0 Å². The summed E-state index contributed by atoms with van der Waals surface area (Å²) in [5.41, 5.74) is 3.09. The molecule has 0 aliphatic rings. The second-order valence-corrected chi connectivity index (χ2v) is 6.51. The Morgan fingerprint density at radius 1 is 1.35 bits per heavy atom. The second kappa shape index (κ2) is 5.78. The molecule has 0 unspecified atom stereocenters. The molecule has 0 atom stereocenters. The molecule has 0 spiro atoms. The van der Waals surface area contributed by atoms with E-state index in [4.69, 9.17) is 5.14 Å². The van der Waals surface area contributed by atoms with Crippen LogP contribution in [0.5, 0.6) is 0 Å². The first-order chi connectivity index (χ1) is 9.35. The third-order valence-corrected chi connectivity index (χ3v) is 3.59. The number of H-pyrrole nitrogens is 1. The number of primary sulfonamides is 1. The molecule has 1 aromatic heterocycles. The summed E-state index contributed by atoms with van der Waals surface area (Å²) < 4.78 is 21.9. The van der Waals surface area contributed by atoms with Crippen molar-refractivity contribution in [3.63, 3.8) is 0 Å². The van der Waals surface area contributed by atoms with E-state index in [2.05, 4.69) is 9.88 Å². The summed E-state index contributed by atoms with van der Waals surface area (Å²) in [7, 11) is 0.485. The fraction of sp³-hybridized carbons (Fsp3) is 0.286.